The van der Waals surface area contributed by atoms with Crippen LogP contribution in [-0.2, 0) is 28.9 Å². The molecule has 0 fully saturated rings. The predicted molar refractivity (Wildman–Crippen MR) is 142 cm³/mol. The van der Waals surface area contributed by atoms with Crippen LogP contribution in [-0.4, -0.2) is 46.1 Å². The third-order valence-electron chi connectivity index (χ3n) is 5.52. The van der Waals surface area contributed by atoms with Gasteiger partial charge in [-0.2, -0.15) is 0 Å². The van der Waals surface area contributed by atoms with Crippen molar-refractivity contribution in [3.63, 3.8) is 0 Å². The number of ether oxygens (including phenoxy) is 2. The lowest BCUT2D eigenvalue weighted by Gasteiger charge is -2.10. The van der Waals surface area contributed by atoms with E-state index in [4.69, 9.17) is 21.1 Å². The molecule has 1 heterocycles. The first-order chi connectivity index (χ1) is 17.4. The van der Waals surface area contributed by atoms with E-state index in [1.54, 1.807) is 26.2 Å². The molecule has 8 nitrogen and oxygen atoms in total. The molecule has 0 aliphatic rings. The number of anilines is 1. The van der Waals surface area contributed by atoms with Gasteiger partial charge in [-0.1, -0.05) is 35.5 Å². The van der Waals surface area contributed by atoms with Crippen molar-refractivity contribution < 1.29 is 19.1 Å². The second-order valence-corrected chi connectivity index (χ2v) is 9.40. The average molecular weight is 531 g/mol. The topological polar surface area (TPSA) is 95.3 Å². The van der Waals surface area contributed by atoms with Crippen LogP contribution in [0.25, 0.3) is 0 Å². The second kappa shape index (κ2) is 13.3. The summed E-state index contributed by atoms with van der Waals surface area (Å²) in [6.45, 7) is 6.78. The van der Waals surface area contributed by atoms with Crippen LogP contribution >= 0.6 is 23.4 Å². The quantitative estimate of drug-likeness (QED) is 0.249. The molecule has 0 spiro atoms. The first-order valence-electron chi connectivity index (χ1n) is 11.8. The standard InChI is InChI=1S/C26H31ClN4O4S/c1-5-31-23(9-7-8-18-10-13-22(34-4)17(3)14-18)29-30-26(31)36-16-24(32)28-21-15-19(11-12-20(21)27)25(33)35-6-2/h10-15H,5-9,16H2,1-4H3,(H,28,32). The number of hydrogen-bond donors (Lipinski definition) is 1. The van der Waals surface area contributed by atoms with E-state index in [2.05, 4.69) is 27.6 Å². The zero-order valence-corrected chi connectivity index (χ0v) is 22.5. The molecular weight excluding hydrogens is 500 g/mol. The zero-order chi connectivity index (χ0) is 26.1. The molecule has 1 amide bonds. The molecule has 0 saturated carbocycles. The monoisotopic (exact) mass is 530 g/mol. The number of aromatic nitrogens is 3. The van der Waals surface area contributed by atoms with Crippen molar-refractivity contribution in [3.8, 4) is 5.75 Å². The summed E-state index contributed by atoms with van der Waals surface area (Å²) < 4.78 is 12.4. The van der Waals surface area contributed by atoms with E-state index in [-0.39, 0.29) is 18.3 Å². The molecule has 3 aromatic rings. The van der Waals surface area contributed by atoms with Crippen molar-refractivity contribution in [2.45, 2.75) is 51.7 Å². The van der Waals surface area contributed by atoms with Gasteiger partial charge in [-0.25, -0.2) is 4.79 Å². The summed E-state index contributed by atoms with van der Waals surface area (Å²) in [5.74, 6) is 1.19. The van der Waals surface area contributed by atoms with E-state index in [0.29, 0.717) is 28.0 Å². The number of benzene rings is 2. The number of thioether (sulfide) groups is 1. The molecule has 192 valence electrons. The van der Waals surface area contributed by atoms with Crippen LogP contribution < -0.4 is 10.1 Å². The third kappa shape index (κ3) is 7.24. The van der Waals surface area contributed by atoms with Gasteiger partial charge in [-0.3, -0.25) is 4.79 Å². The molecule has 1 aromatic heterocycles. The van der Waals surface area contributed by atoms with Gasteiger partial charge in [0, 0.05) is 13.0 Å². The maximum atomic E-state index is 12.6. The van der Waals surface area contributed by atoms with E-state index in [0.717, 1.165) is 36.4 Å². The minimum absolute atomic E-state index is 0.128. The molecule has 0 bridgehead atoms. The van der Waals surface area contributed by atoms with Gasteiger partial charge in [0.25, 0.3) is 0 Å². The Labute approximate surface area is 220 Å². The summed E-state index contributed by atoms with van der Waals surface area (Å²) in [5, 5.41) is 12.4. The Morgan fingerprint density at radius 1 is 1.11 bits per heavy atom. The number of carbonyl (C=O) groups is 2. The Morgan fingerprint density at radius 2 is 1.92 bits per heavy atom. The number of carbonyl (C=O) groups excluding carboxylic acids is 2. The van der Waals surface area contributed by atoms with Gasteiger partial charge in [-0.05, 0) is 69.0 Å². The van der Waals surface area contributed by atoms with Crippen LogP contribution in [0.5, 0.6) is 5.75 Å². The minimum Gasteiger partial charge on any atom is -0.496 e. The fourth-order valence-electron chi connectivity index (χ4n) is 3.75. The maximum Gasteiger partial charge on any atom is 0.338 e. The molecule has 3 rings (SSSR count). The lowest BCUT2D eigenvalue weighted by Crippen LogP contribution is -2.16. The van der Waals surface area contributed by atoms with E-state index < -0.39 is 5.97 Å². The van der Waals surface area contributed by atoms with E-state index in [1.165, 1.54) is 23.4 Å². The summed E-state index contributed by atoms with van der Waals surface area (Å²) in [5.41, 5.74) is 3.06. The van der Waals surface area contributed by atoms with Gasteiger partial charge in [0.2, 0.25) is 5.91 Å². The largest absolute Gasteiger partial charge is 0.496 e. The van der Waals surface area contributed by atoms with Crippen LogP contribution in [0.4, 0.5) is 5.69 Å². The van der Waals surface area contributed by atoms with Crippen molar-refractivity contribution in [3.05, 3.63) is 63.9 Å². The number of methoxy groups -OCH3 is 1. The fraction of sp³-hybridized carbons (Fsp3) is 0.385. The number of nitrogens with one attached hydrogen (secondary N) is 1. The highest BCUT2D eigenvalue weighted by molar-refractivity contribution is 7.99. The average Bonchev–Trinajstić information content (AvgIpc) is 3.26. The molecule has 1 N–H and O–H groups in total. The number of esters is 1. The molecule has 0 radical (unpaired) electrons. The number of amides is 1. The van der Waals surface area contributed by atoms with Crippen molar-refractivity contribution in [1.82, 2.24) is 14.8 Å². The van der Waals surface area contributed by atoms with Crippen LogP contribution in [0.2, 0.25) is 5.02 Å². The van der Waals surface area contributed by atoms with Gasteiger partial charge in [0.15, 0.2) is 5.16 Å². The van der Waals surface area contributed by atoms with Crippen molar-refractivity contribution in [2.75, 3.05) is 24.8 Å². The molecule has 0 unspecified atom stereocenters. The fourth-order valence-corrected chi connectivity index (χ4v) is 4.74. The molecule has 36 heavy (non-hydrogen) atoms. The van der Waals surface area contributed by atoms with Crippen LogP contribution in [0, 0.1) is 6.92 Å². The molecule has 0 aliphatic carbocycles. The molecule has 0 saturated heterocycles. The SMILES string of the molecule is CCOC(=O)c1ccc(Cl)c(NC(=O)CSc2nnc(CCCc3ccc(OC)c(C)c3)n2CC)c1. The van der Waals surface area contributed by atoms with Gasteiger partial charge in [0.05, 0.1) is 35.7 Å². The first-order valence-corrected chi connectivity index (χ1v) is 13.2. The van der Waals surface area contributed by atoms with Crippen LogP contribution in [0.1, 0.15) is 47.6 Å². The highest BCUT2D eigenvalue weighted by atomic mass is 35.5. The van der Waals surface area contributed by atoms with Crippen LogP contribution in [0.3, 0.4) is 0 Å². The first kappa shape index (κ1) is 27.5. The number of halogens is 1. The summed E-state index contributed by atoms with van der Waals surface area (Å²) in [4.78, 5) is 24.5. The number of aryl methyl sites for hydroxylation is 3. The van der Waals surface area contributed by atoms with Crippen molar-refractivity contribution in [2.24, 2.45) is 0 Å². The summed E-state index contributed by atoms with van der Waals surface area (Å²) in [7, 11) is 1.68. The van der Waals surface area contributed by atoms with Crippen molar-refractivity contribution >= 4 is 40.9 Å². The van der Waals surface area contributed by atoms with E-state index in [1.807, 2.05) is 24.5 Å². The Morgan fingerprint density at radius 3 is 2.61 bits per heavy atom. The Bertz CT molecular complexity index is 1210. The Kier molecular flexibility index (Phi) is 10.2. The number of hydrogen-bond acceptors (Lipinski definition) is 7. The number of nitrogens with zero attached hydrogens (tertiary/aromatic N) is 3. The third-order valence-corrected chi connectivity index (χ3v) is 6.82. The predicted octanol–water partition coefficient (Wildman–Crippen LogP) is 5.35. The highest BCUT2D eigenvalue weighted by Crippen LogP contribution is 2.25. The minimum atomic E-state index is -0.468. The number of rotatable bonds is 12. The molecule has 0 atom stereocenters. The normalized spacial score (nSPS) is 10.8. The van der Waals surface area contributed by atoms with Crippen molar-refractivity contribution in [1.29, 1.82) is 0 Å². The smallest absolute Gasteiger partial charge is 0.338 e. The summed E-state index contributed by atoms with van der Waals surface area (Å²) in [6.07, 6.45) is 2.65. The second-order valence-electron chi connectivity index (χ2n) is 8.05. The maximum absolute atomic E-state index is 12.6. The molecule has 10 heteroatoms. The highest BCUT2D eigenvalue weighted by Gasteiger charge is 2.15. The summed E-state index contributed by atoms with van der Waals surface area (Å²) >= 11 is 7.51. The Hall–Kier alpha value is -3.04. The molecule has 0 aliphatic heterocycles. The van der Waals surface area contributed by atoms with Gasteiger partial charge in [0.1, 0.15) is 11.6 Å². The van der Waals surface area contributed by atoms with Gasteiger partial charge in [-0.15, -0.1) is 10.2 Å². The van der Waals surface area contributed by atoms with E-state index in [9.17, 15) is 9.59 Å². The van der Waals surface area contributed by atoms with Gasteiger partial charge < -0.3 is 19.4 Å². The van der Waals surface area contributed by atoms with Gasteiger partial charge >= 0.3 is 5.97 Å². The molecular formula is C26H31ClN4O4S. The lowest BCUT2D eigenvalue weighted by molar-refractivity contribution is -0.113. The zero-order valence-electron chi connectivity index (χ0n) is 21.0. The lowest BCUT2D eigenvalue weighted by atomic mass is 10.0. The molecule has 2 aromatic carbocycles. The van der Waals surface area contributed by atoms with Crippen LogP contribution in [0.15, 0.2) is 41.6 Å². The van der Waals surface area contributed by atoms with E-state index >= 15 is 0 Å². The summed E-state index contributed by atoms with van der Waals surface area (Å²) in [6, 6.07) is 10.9. The Balaban J connectivity index is 1.55.